The van der Waals surface area contributed by atoms with Crippen LogP contribution in [0.3, 0.4) is 0 Å². The minimum absolute atomic E-state index is 0.00349. The van der Waals surface area contributed by atoms with Crippen LogP contribution in [0, 0.1) is 5.82 Å². The number of hydrogen-bond acceptors (Lipinski definition) is 4. The van der Waals surface area contributed by atoms with Crippen LogP contribution in [-0.4, -0.2) is 18.9 Å². The molecule has 32 heavy (non-hydrogen) atoms. The summed E-state index contributed by atoms with van der Waals surface area (Å²) in [4.78, 5) is 25.2. The van der Waals surface area contributed by atoms with Gasteiger partial charge in [-0.25, -0.2) is 9.40 Å². The quantitative estimate of drug-likeness (QED) is 0.398. The summed E-state index contributed by atoms with van der Waals surface area (Å²) in [5.74, 6) is -0.480. The molecule has 8 heteroatoms. The number of hydrogen-bond donors (Lipinski definition) is 1. The van der Waals surface area contributed by atoms with E-state index in [0.717, 1.165) is 0 Å². The van der Waals surface area contributed by atoms with Crippen LogP contribution in [0.1, 0.15) is 11.1 Å². The van der Waals surface area contributed by atoms with Crippen molar-refractivity contribution in [2.45, 2.75) is 6.61 Å². The zero-order valence-electron chi connectivity index (χ0n) is 17.0. The largest absolute Gasteiger partial charge is 0.493 e. The molecule has 0 aromatic heterocycles. The van der Waals surface area contributed by atoms with E-state index in [0.29, 0.717) is 32.8 Å². The Morgan fingerprint density at radius 2 is 1.84 bits per heavy atom. The van der Waals surface area contributed by atoms with Crippen molar-refractivity contribution in [2.75, 3.05) is 12.1 Å². The zero-order valence-corrected chi connectivity index (χ0v) is 18.6. The standard InChI is InChI=1S/C24H18BrFN2O4/c1-31-21-13-16(12-20(25)22(21)32-14-15-6-5-7-17(26)10-15)11-19-23(29)27-28(24(19)30)18-8-3-2-4-9-18/h2-13H,14H2,1H3,(H,27,29)/b19-11-. The third-order valence-electron chi connectivity index (χ3n) is 4.74. The van der Waals surface area contributed by atoms with Crippen LogP contribution in [-0.2, 0) is 16.2 Å². The molecule has 6 nitrogen and oxygen atoms in total. The van der Waals surface area contributed by atoms with Crippen LogP contribution in [0.25, 0.3) is 6.08 Å². The molecule has 3 aromatic rings. The topological polar surface area (TPSA) is 67.9 Å². The van der Waals surface area contributed by atoms with Crippen LogP contribution >= 0.6 is 15.9 Å². The number of para-hydroxylation sites is 1. The van der Waals surface area contributed by atoms with E-state index in [4.69, 9.17) is 9.47 Å². The number of hydrazine groups is 1. The number of nitrogens with one attached hydrogen (secondary N) is 1. The van der Waals surface area contributed by atoms with Crippen LogP contribution in [0.5, 0.6) is 11.5 Å². The van der Waals surface area contributed by atoms with Crippen LogP contribution < -0.4 is 19.9 Å². The Kier molecular flexibility index (Phi) is 6.23. The van der Waals surface area contributed by atoms with Gasteiger partial charge in [0, 0.05) is 0 Å². The number of halogens is 2. The van der Waals surface area contributed by atoms with Gasteiger partial charge in [-0.15, -0.1) is 0 Å². The van der Waals surface area contributed by atoms with Crippen LogP contribution in [0.2, 0.25) is 0 Å². The lowest BCUT2D eigenvalue weighted by Crippen LogP contribution is -2.35. The number of amides is 2. The summed E-state index contributed by atoms with van der Waals surface area (Å²) in [6.07, 6.45) is 1.49. The molecule has 4 rings (SSSR count). The number of methoxy groups -OCH3 is 1. The molecule has 1 aliphatic rings. The van der Waals surface area contributed by atoms with Gasteiger partial charge in [-0.2, -0.15) is 0 Å². The highest BCUT2D eigenvalue weighted by Crippen LogP contribution is 2.38. The van der Waals surface area contributed by atoms with Gasteiger partial charge in [-0.05, 0) is 69.5 Å². The molecule has 1 saturated heterocycles. The Morgan fingerprint density at radius 3 is 2.56 bits per heavy atom. The molecule has 1 N–H and O–H groups in total. The number of carbonyl (C=O) groups excluding carboxylic acids is 2. The van der Waals surface area contributed by atoms with Gasteiger partial charge in [0.05, 0.1) is 17.3 Å². The number of rotatable bonds is 6. The van der Waals surface area contributed by atoms with Crippen LogP contribution in [0.15, 0.2) is 76.8 Å². The Morgan fingerprint density at radius 1 is 1.06 bits per heavy atom. The second-order valence-electron chi connectivity index (χ2n) is 6.93. The molecule has 1 aliphatic heterocycles. The molecule has 0 bridgehead atoms. The van der Waals surface area contributed by atoms with Gasteiger partial charge in [-0.3, -0.25) is 15.0 Å². The van der Waals surface area contributed by atoms with E-state index >= 15 is 0 Å². The molecule has 3 aromatic carbocycles. The molecular weight excluding hydrogens is 479 g/mol. The predicted octanol–water partition coefficient (Wildman–Crippen LogP) is 4.64. The van der Waals surface area contributed by atoms with E-state index in [2.05, 4.69) is 21.4 Å². The first-order valence-corrected chi connectivity index (χ1v) is 10.4. The highest BCUT2D eigenvalue weighted by Gasteiger charge is 2.34. The van der Waals surface area contributed by atoms with E-state index < -0.39 is 11.8 Å². The minimum atomic E-state index is -0.500. The number of nitrogens with zero attached hydrogens (tertiary/aromatic N) is 1. The summed E-state index contributed by atoms with van der Waals surface area (Å²) in [5.41, 5.74) is 4.36. The third kappa shape index (κ3) is 4.50. The SMILES string of the molecule is COc1cc(/C=C2/C(=O)NN(c3ccccc3)C2=O)cc(Br)c1OCc1cccc(F)c1. The molecule has 0 saturated carbocycles. The maximum absolute atomic E-state index is 13.4. The molecule has 1 fully saturated rings. The molecule has 162 valence electrons. The fourth-order valence-electron chi connectivity index (χ4n) is 3.23. The van der Waals surface area contributed by atoms with Gasteiger partial charge >= 0.3 is 0 Å². The monoisotopic (exact) mass is 496 g/mol. The number of anilines is 1. The molecule has 2 amide bonds. The Balaban J connectivity index is 1.59. The smallest absolute Gasteiger partial charge is 0.282 e. The lowest BCUT2D eigenvalue weighted by molar-refractivity contribution is -0.117. The minimum Gasteiger partial charge on any atom is -0.493 e. The summed E-state index contributed by atoms with van der Waals surface area (Å²) < 4.78 is 25.2. The van der Waals surface area contributed by atoms with E-state index in [1.54, 1.807) is 48.5 Å². The number of benzene rings is 3. The summed E-state index contributed by atoms with van der Waals surface area (Å²) >= 11 is 3.45. The summed E-state index contributed by atoms with van der Waals surface area (Å²) in [6, 6.07) is 18.3. The van der Waals surface area contributed by atoms with Crippen molar-refractivity contribution >= 4 is 39.5 Å². The summed E-state index contributed by atoms with van der Waals surface area (Å²) in [5, 5.41) is 1.21. The first-order valence-electron chi connectivity index (χ1n) is 9.63. The van der Waals surface area contributed by atoms with Crippen molar-refractivity contribution in [3.8, 4) is 11.5 Å². The Hall–Kier alpha value is -3.65. The van der Waals surface area contributed by atoms with E-state index in [9.17, 15) is 14.0 Å². The Bertz CT molecular complexity index is 1210. The molecule has 0 spiro atoms. The highest BCUT2D eigenvalue weighted by atomic mass is 79.9. The van der Waals surface area contributed by atoms with Gasteiger partial charge in [0.1, 0.15) is 18.0 Å². The van der Waals surface area contributed by atoms with Gasteiger partial charge in [0.2, 0.25) is 0 Å². The Labute approximate surface area is 192 Å². The molecule has 0 aliphatic carbocycles. The van der Waals surface area contributed by atoms with E-state index in [1.165, 1.54) is 30.3 Å². The first kappa shape index (κ1) is 21.6. The normalized spacial score (nSPS) is 14.6. The lowest BCUT2D eigenvalue weighted by Gasteiger charge is -2.14. The predicted molar refractivity (Wildman–Crippen MR) is 121 cm³/mol. The van der Waals surface area contributed by atoms with Gasteiger partial charge < -0.3 is 9.47 Å². The summed E-state index contributed by atoms with van der Waals surface area (Å²) in [7, 11) is 1.48. The lowest BCUT2D eigenvalue weighted by atomic mass is 10.1. The fourth-order valence-corrected chi connectivity index (χ4v) is 3.80. The van der Waals surface area contributed by atoms with E-state index in [-0.39, 0.29) is 18.0 Å². The van der Waals surface area contributed by atoms with Crippen molar-refractivity contribution < 1.29 is 23.5 Å². The molecule has 0 radical (unpaired) electrons. The molecule has 1 heterocycles. The average molecular weight is 497 g/mol. The summed E-state index contributed by atoms with van der Waals surface area (Å²) in [6.45, 7) is 0.139. The zero-order chi connectivity index (χ0) is 22.7. The van der Waals surface area contributed by atoms with Crippen molar-refractivity contribution in [1.82, 2.24) is 5.43 Å². The van der Waals surface area contributed by atoms with Crippen molar-refractivity contribution in [2.24, 2.45) is 0 Å². The molecule has 0 unspecified atom stereocenters. The first-order chi connectivity index (χ1) is 15.5. The van der Waals surface area contributed by atoms with Crippen molar-refractivity contribution in [3.05, 3.63) is 93.7 Å². The van der Waals surface area contributed by atoms with Gasteiger partial charge in [0.15, 0.2) is 11.5 Å². The number of ether oxygens (including phenoxy) is 2. The van der Waals surface area contributed by atoms with E-state index in [1.807, 2.05) is 6.07 Å². The maximum Gasteiger partial charge on any atom is 0.282 e. The molecular formula is C24H18BrFN2O4. The van der Waals surface area contributed by atoms with Crippen LogP contribution in [0.4, 0.5) is 10.1 Å². The second-order valence-corrected chi connectivity index (χ2v) is 7.78. The highest BCUT2D eigenvalue weighted by molar-refractivity contribution is 9.10. The fraction of sp³-hybridized carbons (Fsp3) is 0.0833. The molecule has 0 atom stereocenters. The average Bonchev–Trinajstić information content (AvgIpc) is 3.07. The van der Waals surface area contributed by atoms with Gasteiger partial charge in [-0.1, -0.05) is 30.3 Å². The number of carbonyl (C=O) groups is 2. The van der Waals surface area contributed by atoms with Crippen molar-refractivity contribution in [3.63, 3.8) is 0 Å². The third-order valence-corrected chi connectivity index (χ3v) is 5.33. The van der Waals surface area contributed by atoms with Crippen molar-refractivity contribution in [1.29, 1.82) is 0 Å². The maximum atomic E-state index is 13.4. The second kappa shape index (κ2) is 9.23. The van der Waals surface area contributed by atoms with Gasteiger partial charge in [0.25, 0.3) is 11.8 Å².